The monoisotopic (exact) mass is 401 g/mol. The van der Waals surface area contributed by atoms with E-state index < -0.39 is 5.91 Å². The highest BCUT2D eigenvalue weighted by Crippen LogP contribution is 2.28. The highest BCUT2D eigenvalue weighted by molar-refractivity contribution is 7.80. The second-order valence-electron chi connectivity index (χ2n) is 6.17. The molecule has 0 unspecified atom stereocenters. The van der Waals surface area contributed by atoms with Crippen LogP contribution >= 0.6 is 12.2 Å². The minimum absolute atomic E-state index is 0.0609. The van der Waals surface area contributed by atoms with E-state index in [-0.39, 0.29) is 22.5 Å². The molecule has 0 radical (unpaired) electrons. The first kappa shape index (κ1) is 21.2. The molecule has 0 saturated heterocycles. The van der Waals surface area contributed by atoms with Crippen LogP contribution in [-0.2, 0) is 4.79 Å². The van der Waals surface area contributed by atoms with Gasteiger partial charge in [-0.3, -0.25) is 14.9 Å². The van der Waals surface area contributed by atoms with Gasteiger partial charge in [-0.1, -0.05) is 19.9 Å². The highest BCUT2D eigenvalue weighted by Gasteiger charge is 2.19. The number of methoxy groups -OCH3 is 2. The average Bonchev–Trinajstić information content (AvgIpc) is 2.68. The zero-order chi connectivity index (χ0) is 20.7. The maximum Gasteiger partial charge on any atom is 0.264 e. The van der Waals surface area contributed by atoms with Crippen molar-refractivity contribution >= 4 is 40.5 Å². The summed E-state index contributed by atoms with van der Waals surface area (Å²) in [6.07, 6.45) is 0. The summed E-state index contributed by atoms with van der Waals surface area (Å²) in [5.41, 5.74) is 1.60. The van der Waals surface area contributed by atoms with Crippen molar-refractivity contribution in [1.82, 2.24) is 5.32 Å². The second-order valence-corrected chi connectivity index (χ2v) is 6.58. The van der Waals surface area contributed by atoms with Crippen molar-refractivity contribution in [2.75, 3.05) is 24.9 Å². The zero-order valence-electron chi connectivity index (χ0n) is 16.2. The fraction of sp³-hybridized carbons (Fsp3) is 0.250. The number of carbonyl (C=O) groups excluding carboxylic acids is 2. The zero-order valence-corrected chi connectivity index (χ0v) is 17.0. The summed E-state index contributed by atoms with van der Waals surface area (Å²) in [7, 11) is 2.95. The van der Waals surface area contributed by atoms with Crippen molar-refractivity contribution in [2.45, 2.75) is 13.8 Å². The molecule has 28 heavy (non-hydrogen) atoms. The topological polar surface area (TPSA) is 88.7 Å². The molecule has 0 aromatic heterocycles. The molecule has 0 atom stereocenters. The molecule has 2 amide bonds. The number of anilines is 2. The number of ether oxygens (including phenoxy) is 2. The van der Waals surface area contributed by atoms with Crippen LogP contribution in [0.4, 0.5) is 11.4 Å². The molecular weight excluding hydrogens is 378 g/mol. The van der Waals surface area contributed by atoms with Crippen LogP contribution in [0.1, 0.15) is 24.2 Å². The van der Waals surface area contributed by atoms with Gasteiger partial charge in [-0.2, -0.15) is 0 Å². The van der Waals surface area contributed by atoms with Crippen molar-refractivity contribution in [3.63, 3.8) is 0 Å². The Bertz CT molecular complexity index is 844. The van der Waals surface area contributed by atoms with Gasteiger partial charge in [0.15, 0.2) is 5.11 Å². The van der Waals surface area contributed by atoms with E-state index in [1.54, 1.807) is 42.5 Å². The third-order valence-corrected chi connectivity index (χ3v) is 4.02. The molecule has 0 bridgehead atoms. The van der Waals surface area contributed by atoms with E-state index in [2.05, 4.69) is 16.0 Å². The molecule has 3 N–H and O–H groups in total. The van der Waals surface area contributed by atoms with Gasteiger partial charge in [0.25, 0.3) is 5.91 Å². The van der Waals surface area contributed by atoms with Crippen LogP contribution in [0.2, 0.25) is 0 Å². The van der Waals surface area contributed by atoms with Gasteiger partial charge in [0.2, 0.25) is 5.91 Å². The molecule has 0 aliphatic rings. The standard InChI is InChI=1S/C20H23N3O4S/c1-12(2)18(24)21-13-8-10-14(11-9-13)22-20(28)23-19(25)17-15(26-3)6-5-7-16(17)27-4/h5-12H,1-4H3,(H,21,24)(H2,22,23,25,28). The summed E-state index contributed by atoms with van der Waals surface area (Å²) >= 11 is 5.21. The number of carbonyl (C=O) groups is 2. The maximum absolute atomic E-state index is 12.6. The lowest BCUT2D eigenvalue weighted by atomic mass is 10.1. The summed E-state index contributed by atoms with van der Waals surface area (Å²) in [5, 5.41) is 8.46. The largest absolute Gasteiger partial charge is 0.496 e. The minimum atomic E-state index is -0.451. The Hall–Kier alpha value is -3.13. The molecule has 0 fully saturated rings. The van der Waals surface area contributed by atoms with Gasteiger partial charge in [0, 0.05) is 17.3 Å². The smallest absolute Gasteiger partial charge is 0.264 e. The van der Waals surface area contributed by atoms with Crippen molar-refractivity contribution in [2.24, 2.45) is 5.92 Å². The lowest BCUT2D eigenvalue weighted by molar-refractivity contribution is -0.118. The Balaban J connectivity index is 2.03. The SMILES string of the molecule is COc1cccc(OC)c1C(=O)NC(=S)Nc1ccc(NC(=O)C(C)C)cc1. The number of benzene rings is 2. The van der Waals surface area contributed by atoms with Gasteiger partial charge in [-0.05, 0) is 48.6 Å². The molecular formula is C20H23N3O4S. The Morgan fingerprint density at radius 3 is 1.86 bits per heavy atom. The van der Waals surface area contributed by atoms with Gasteiger partial charge in [-0.15, -0.1) is 0 Å². The van der Waals surface area contributed by atoms with E-state index in [0.717, 1.165) is 0 Å². The van der Waals surface area contributed by atoms with Gasteiger partial charge >= 0.3 is 0 Å². The van der Waals surface area contributed by atoms with Gasteiger partial charge in [0.05, 0.1) is 14.2 Å². The number of hydrogen-bond donors (Lipinski definition) is 3. The van der Waals surface area contributed by atoms with E-state index in [4.69, 9.17) is 21.7 Å². The quantitative estimate of drug-likeness (QED) is 0.643. The number of rotatable bonds is 6. The molecule has 148 valence electrons. The van der Waals surface area contributed by atoms with E-state index >= 15 is 0 Å². The summed E-state index contributed by atoms with van der Waals surface area (Å²) in [6.45, 7) is 3.65. The summed E-state index contributed by atoms with van der Waals surface area (Å²) < 4.78 is 10.5. The third kappa shape index (κ3) is 5.43. The molecule has 0 aliphatic carbocycles. The van der Waals surface area contributed by atoms with Gasteiger partial charge in [0.1, 0.15) is 17.1 Å². The summed E-state index contributed by atoms with van der Waals surface area (Å²) in [6, 6.07) is 12.0. The predicted molar refractivity (Wildman–Crippen MR) is 113 cm³/mol. The molecule has 0 heterocycles. The molecule has 2 aromatic carbocycles. The second kappa shape index (κ2) is 9.70. The lowest BCUT2D eigenvalue weighted by Crippen LogP contribution is -2.34. The first-order valence-corrected chi connectivity index (χ1v) is 9.00. The normalized spacial score (nSPS) is 10.2. The first-order valence-electron chi connectivity index (χ1n) is 8.60. The van der Waals surface area contributed by atoms with Crippen LogP contribution in [0.25, 0.3) is 0 Å². The fourth-order valence-electron chi connectivity index (χ4n) is 2.33. The summed E-state index contributed by atoms with van der Waals surface area (Å²) in [5.74, 6) is 0.143. The highest BCUT2D eigenvalue weighted by atomic mass is 32.1. The molecule has 0 aliphatic heterocycles. The van der Waals surface area contributed by atoms with E-state index in [1.807, 2.05) is 13.8 Å². The van der Waals surface area contributed by atoms with E-state index in [0.29, 0.717) is 22.9 Å². The average molecular weight is 401 g/mol. The minimum Gasteiger partial charge on any atom is -0.496 e. The Morgan fingerprint density at radius 2 is 1.39 bits per heavy atom. The van der Waals surface area contributed by atoms with Crippen molar-refractivity contribution in [1.29, 1.82) is 0 Å². The fourth-order valence-corrected chi connectivity index (χ4v) is 2.54. The van der Waals surface area contributed by atoms with Crippen LogP contribution in [-0.4, -0.2) is 31.1 Å². The Morgan fingerprint density at radius 1 is 0.893 bits per heavy atom. The van der Waals surface area contributed by atoms with E-state index in [9.17, 15) is 9.59 Å². The van der Waals surface area contributed by atoms with Crippen LogP contribution in [0, 0.1) is 5.92 Å². The van der Waals surface area contributed by atoms with Crippen molar-refractivity contribution in [3.8, 4) is 11.5 Å². The van der Waals surface area contributed by atoms with Crippen LogP contribution < -0.4 is 25.4 Å². The molecule has 2 aromatic rings. The summed E-state index contributed by atoms with van der Waals surface area (Å²) in [4.78, 5) is 24.3. The van der Waals surface area contributed by atoms with E-state index in [1.165, 1.54) is 14.2 Å². The number of hydrogen-bond acceptors (Lipinski definition) is 5. The molecule has 2 rings (SSSR count). The van der Waals surface area contributed by atoms with Crippen LogP contribution in [0.15, 0.2) is 42.5 Å². The number of thiocarbonyl (C=S) groups is 1. The van der Waals surface area contributed by atoms with Crippen LogP contribution in [0.3, 0.4) is 0 Å². The Labute approximate surface area is 169 Å². The maximum atomic E-state index is 12.6. The predicted octanol–water partition coefficient (Wildman–Crippen LogP) is 3.43. The molecule has 7 nitrogen and oxygen atoms in total. The van der Waals surface area contributed by atoms with Crippen molar-refractivity contribution in [3.05, 3.63) is 48.0 Å². The first-order chi connectivity index (χ1) is 13.3. The molecule has 8 heteroatoms. The van der Waals surface area contributed by atoms with Crippen molar-refractivity contribution < 1.29 is 19.1 Å². The third-order valence-electron chi connectivity index (χ3n) is 3.82. The molecule has 0 saturated carbocycles. The Kier molecular flexibility index (Phi) is 7.34. The van der Waals surface area contributed by atoms with Gasteiger partial charge < -0.3 is 20.1 Å². The number of nitrogens with one attached hydrogen (secondary N) is 3. The number of amides is 2. The van der Waals surface area contributed by atoms with Crippen LogP contribution in [0.5, 0.6) is 11.5 Å². The van der Waals surface area contributed by atoms with Gasteiger partial charge in [-0.25, -0.2) is 0 Å². The lowest BCUT2D eigenvalue weighted by Gasteiger charge is -2.14. The molecule has 0 spiro atoms.